The monoisotopic (exact) mass is 342 g/mol. The molecule has 0 bridgehead atoms. The van der Waals surface area contributed by atoms with Gasteiger partial charge in [-0.1, -0.05) is 6.07 Å². The molecule has 1 amide bonds. The van der Waals surface area contributed by atoms with Crippen LogP contribution < -0.4 is 5.32 Å². The number of nitro benzene ring substituents is 1. The molecule has 0 aliphatic rings. The third kappa shape index (κ3) is 4.00. The fraction of sp³-hybridized carbons (Fsp3) is 0.222. The van der Waals surface area contributed by atoms with Crippen LogP contribution in [0.2, 0.25) is 0 Å². The Morgan fingerprint density at radius 2 is 1.92 bits per heavy atom. The van der Waals surface area contributed by atoms with Crippen LogP contribution in [-0.4, -0.2) is 23.4 Å². The number of anilines is 1. The minimum Gasteiger partial charge on any atom is -0.462 e. The van der Waals surface area contributed by atoms with E-state index in [0.29, 0.717) is 22.4 Å². The third-order valence-corrected chi connectivity index (χ3v) is 3.73. The number of hydrogen-bond donors (Lipinski definition) is 1. The summed E-state index contributed by atoms with van der Waals surface area (Å²) in [4.78, 5) is 34.7. The lowest BCUT2D eigenvalue weighted by Crippen LogP contribution is -2.15. The molecule has 0 heterocycles. The normalized spacial score (nSPS) is 10.2. The van der Waals surface area contributed by atoms with Gasteiger partial charge >= 0.3 is 5.97 Å². The van der Waals surface area contributed by atoms with E-state index in [2.05, 4.69) is 5.32 Å². The van der Waals surface area contributed by atoms with Crippen molar-refractivity contribution in [3.63, 3.8) is 0 Å². The average Bonchev–Trinajstić information content (AvgIpc) is 2.56. The van der Waals surface area contributed by atoms with Gasteiger partial charge in [0.2, 0.25) is 0 Å². The van der Waals surface area contributed by atoms with Crippen LogP contribution in [0, 0.1) is 24.0 Å². The second kappa shape index (κ2) is 7.57. The Balaban J connectivity index is 2.26. The van der Waals surface area contributed by atoms with Gasteiger partial charge in [-0.15, -0.1) is 0 Å². The predicted molar refractivity (Wildman–Crippen MR) is 92.9 cm³/mol. The van der Waals surface area contributed by atoms with E-state index in [1.54, 1.807) is 32.0 Å². The fourth-order valence-electron chi connectivity index (χ4n) is 2.40. The van der Waals surface area contributed by atoms with E-state index in [0.717, 1.165) is 0 Å². The van der Waals surface area contributed by atoms with Gasteiger partial charge in [0.05, 0.1) is 17.1 Å². The molecular formula is C18H18N2O5. The first-order chi connectivity index (χ1) is 11.8. The summed E-state index contributed by atoms with van der Waals surface area (Å²) in [6.07, 6.45) is 0. The Morgan fingerprint density at radius 3 is 2.52 bits per heavy atom. The van der Waals surface area contributed by atoms with E-state index >= 15 is 0 Å². The Hall–Kier alpha value is -3.22. The smallest absolute Gasteiger partial charge is 0.338 e. The van der Waals surface area contributed by atoms with E-state index in [4.69, 9.17) is 4.74 Å². The van der Waals surface area contributed by atoms with Crippen LogP contribution in [0.25, 0.3) is 0 Å². The van der Waals surface area contributed by atoms with Crippen molar-refractivity contribution in [1.82, 2.24) is 0 Å². The summed E-state index contributed by atoms with van der Waals surface area (Å²) in [6.45, 7) is 5.28. The van der Waals surface area contributed by atoms with Crippen LogP contribution in [0.1, 0.15) is 38.8 Å². The van der Waals surface area contributed by atoms with Gasteiger partial charge in [-0.05, 0) is 50.6 Å². The molecule has 7 heteroatoms. The number of nitrogens with one attached hydrogen (secondary N) is 1. The van der Waals surface area contributed by atoms with Gasteiger partial charge in [0.15, 0.2) is 0 Å². The summed E-state index contributed by atoms with van der Waals surface area (Å²) in [5.41, 5.74) is 2.01. The number of benzene rings is 2. The second-order valence-corrected chi connectivity index (χ2v) is 5.41. The SMILES string of the molecule is CCOC(=O)c1ccc(NC(=O)c2cccc([N+](=O)[O-])c2C)c(C)c1. The number of aryl methyl sites for hydroxylation is 1. The number of rotatable bonds is 5. The number of nitro groups is 1. The van der Waals surface area contributed by atoms with E-state index < -0.39 is 16.8 Å². The first-order valence-electron chi connectivity index (χ1n) is 7.68. The highest BCUT2D eigenvalue weighted by Gasteiger charge is 2.18. The molecule has 130 valence electrons. The molecule has 0 saturated carbocycles. The Labute approximate surface area is 144 Å². The van der Waals surface area contributed by atoms with Crippen molar-refractivity contribution in [2.45, 2.75) is 20.8 Å². The van der Waals surface area contributed by atoms with Crippen LogP contribution in [-0.2, 0) is 4.74 Å². The number of ether oxygens (including phenoxy) is 1. The fourth-order valence-corrected chi connectivity index (χ4v) is 2.40. The number of amides is 1. The van der Waals surface area contributed by atoms with Crippen molar-refractivity contribution in [3.05, 3.63) is 68.8 Å². The summed E-state index contributed by atoms with van der Waals surface area (Å²) in [7, 11) is 0. The van der Waals surface area contributed by atoms with Gasteiger partial charge < -0.3 is 10.1 Å². The lowest BCUT2D eigenvalue weighted by atomic mass is 10.1. The molecule has 0 unspecified atom stereocenters. The zero-order chi connectivity index (χ0) is 18.6. The molecule has 7 nitrogen and oxygen atoms in total. The molecule has 2 aromatic carbocycles. The Kier molecular flexibility index (Phi) is 5.49. The quantitative estimate of drug-likeness (QED) is 0.508. The second-order valence-electron chi connectivity index (χ2n) is 5.41. The van der Waals surface area contributed by atoms with Crippen molar-refractivity contribution in [2.24, 2.45) is 0 Å². The molecule has 0 radical (unpaired) electrons. The maximum Gasteiger partial charge on any atom is 0.338 e. The third-order valence-electron chi connectivity index (χ3n) is 3.73. The van der Waals surface area contributed by atoms with Crippen molar-refractivity contribution >= 4 is 23.3 Å². The first kappa shape index (κ1) is 18.1. The molecule has 2 rings (SSSR count). The molecule has 0 aromatic heterocycles. The highest BCUT2D eigenvalue weighted by Crippen LogP contribution is 2.23. The zero-order valence-corrected chi connectivity index (χ0v) is 14.2. The van der Waals surface area contributed by atoms with E-state index in [-0.39, 0.29) is 17.9 Å². The molecule has 2 aromatic rings. The maximum atomic E-state index is 12.5. The number of hydrogen-bond acceptors (Lipinski definition) is 5. The summed E-state index contributed by atoms with van der Waals surface area (Å²) in [6, 6.07) is 9.13. The van der Waals surface area contributed by atoms with Gasteiger partial charge in [0, 0.05) is 22.9 Å². The highest BCUT2D eigenvalue weighted by atomic mass is 16.6. The van der Waals surface area contributed by atoms with Gasteiger partial charge in [0.25, 0.3) is 11.6 Å². The van der Waals surface area contributed by atoms with Gasteiger partial charge in [-0.2, -0.15) is 0 Å². The van der Waals surface area contributed by atoms with Crippen molar-refractivity contribution in [3.8, 4) is 0 Å². The molecule has 25 heavy (non-hydrogen) atoms. The van der Waals surface area contributed by atoms with Crippen LogP contribution in [0.4, 0.5) is 11.4 Å². The highest BCUT2D eigenvalue weighted by molar-refractivity contribution is 6.06. The van der Waals surface area contributed by atoms with Crippen LogP contribution in [0.15, 0.2) is 36.4 Å². The molecule has 0 aliphatic heterocycles. The van der Waals surface area contributed by atoms with Gasteiger partial charge in [0.1, 0.15) is 0 Å². The molecule has 0 saturated heterocycles. The van der Waals surface area contributed by atoms with Crippen LogP contribution >= 0.6 is 0 Å². The number of esters is 1. The van der Waals surface area contributed by atoms with Crippen molar-refractivity contribution in [2.75, 3.05) is 11.9 Å². The van der Waals surface area contributed by atoms with Crippen molar-refractivity contribution < 1.29 is 19.2 Å². The molecule has 1 N–H and O–H groups in total. The molecular weight excluding hydrogens is 324 g/mol. The first-order valence-corrected chi connectivity index (χ1v) is 7.68. The van der Waals surface area contributed by atoms with E-state index in [1.807, 2.05) is 0 Å². The maximum absolute atomic E-state index is 12.5. The Bertz CT molecular complexity index is 845. The molecule has 0 spiro atoms. The minimum atomic E-state index is -0.522. The Morgan fingerprint density at radius 1 is 1.20 bits per heavy atom. The number of carbonyl (C=O) groups is 2. The van der Waals surface area contributed by atoms with Gasteiger partial charge in [-0.25, -0.2) is 4.79 Å². The largest absolute Gasteiger partial charge is 0.462 e. The lowest BCUT2D eigenvalue weighted by Gasteiger charge is -2.11. The van der Waals surface area contributed by atoms with E-state index in [9.17, 15) is 19.7 Å². The number of carbonyl (C=O) groups excluding carboxylic acids is 2. The summed E-state index contributed by atoms with van der Waals surface area (Å²) < 4.78 is 4.93. The summed E-state index contributed by atoms with van der Waals surface area (Å²) in [5, 5.41) is 13.7. The summed E-state index contributed by atoms with van der Waals surface area (Å²) >= 11 is 0. The topological polar surface area (TPSA) is 98.5 Å². The van der Waals surface area contributed by atoms with Crippen molar-refractivity contribution in [1.29, 1.82) is 0 Å². The van der Waals surface area contributed by atoms with Gasteiger partial charge in [-0.3, -0.25) is 14.9 Å². The van der Waals surface area contributed by atoms with E-state index in [1.165, 1.54) is 25.1 Å². The predicted octanol–water partition coefficient (Wildman–Crippen LogP) is 3.64. The number of nitrogens with zero attached hydrogens (tertiary/aromatic N) is 1. The van der Waals surface area contributed by atoms with Crippen LogP contribution in [0.5, 0.6) is 0 Å². The lowest BCUT2D eigenvalue weighted by molar-refractivity contribution is -0.385. The molecule has 0 fully saturated rings. The minimum absolute atomic E-state index is 0.109. The zero-order valence-electron chi connectivity index (χ0n) is 14.2. The summed E-state index contributed by atoms with van der Waals surface area (Å²) in [5.74, 6) is -0.883. The standard InChI is InChI=1S/C18H18N2O5/c1-4-25-18(22)13-8-9-15(11(2)10-13)19-17(21)14-6-5-7-16(12(14)3)20(23)24/h5-10H,4H2,1-3H3,(H,19,21). The molecule has 0 aliphatic carbocycles. The average molecular weight is 342 g/mol. The van der Waals surface area contributed by atoms with Crippen LogP contribution in [0.3, 0.4) is 0 Å². The molecule has 0 atom stereocenters.